The van der Waals surface area contributed by atoms with Crippen LogP contribution in [0.25, 0.3) is 0 Å². The molecule has 0 unspecified atom stereocenters. The fourth-order valence-corrected chi connectivity index (χ4v) is 12.6. The van der Waals surface area contributed by atoms with E-state index in [4.69, 9.17) is 0 Å². The molecule has 9 aromatic rings. The minimum atomic E-state index is 0.0560. The highest BCUT2D eigenvalue weighted by Crippen LogP contribution is 2.44. The van der Waals surface area contributed by atoms with Crippen molar-refractivity contribution in [2.45, 2.75) is 94.9 Å². The van der Waals surface area contributed by atoms with Crippen molar-refractivity contribution in [2.24, 2.45) is 0 Å². The van der Waals surface area contributed by atoms with Gasteiger partial charge in [0.15, 0.2) is 0 Å². The number of hydrogen-bond donors (Lipinski definition) is 0. The van der Waals surface area contributed by atoms with Crippen molar-refractivity contribution < 1.29 is 0 Å². The molecule has 0 fully saturated rings. The number of anilines is 10. The van der Waals surface area contributed by atoms with E-state index in [1.807, 2.05) is 0 Å². The van der Waals surface area contributed by atoms with Crippen LogP contribution in [-0.4, -0.2) is 52.4 Å². The molecule has 0 aromatic heterocycles. The molecule has 0 saturated carbocycles. The van der Waals surface area contributed by atoms with E-state index in [0.29, 0.717) is 0 Å². The van der Waals surface area contributed by atoms with Crippen molar-refractivity contribution in [3.63, 3.8) is 0 Å². The number of rotatable bonds is 24. The van der Waals surface area contributed by atoms with Crippen LogP contribution in [0.4, 0.5) is 56.9 Å². The Hall–Kier alpha value is -8.22. The minimum absolute atomic E-state index is 0.0560. The average Bonchev–Trinajstić information content (AvgIpc) is 3.56. The number of aryl methyl sites for hydroxylation is 4. The maximum absolute atomic E-state index is 2.44. The molecule has 0 radical (unpaired) electrons. The normalized spacial score (nSPS) is 11.3. The maximum Gasteiger partial charge on any atom is 0.0463 e. The molecule has 0 aliphatic carbocycles. The van der Waals surface area contributed by atoms with Crippen LogP contribution >= 0.6 is 0 Å². The summed E-state index contributed by atoms with van der Waals surface area (Å²) in [5.74, 6) is 0.112. The van der Waals surface area contributed by atoms with Crippen LogP contribution in [0.2, 0.25) is 0 Å². The summed E-state index contributed by atoms with van der Waals surface area (Å²) in [5.41, 5.74) is 24.8. The van der Waals surface area contributed by atoms with Crippen molar-refractivity contribution in [2.75, 3.05) is 81.8 Å². The van der Waals surface area contributed by atoms with Gasteiger partial charge in [-0.15, -0.1) is 0 Å². The third-order valence-electron chi connectivity index (χ3n) is 17.1. The predicted molar refractivity (Wildman–Crippen MR) is 357 cm³/mol. The largest absolute Gasteiger partial charge is 0.372 e. The minimum Gasteiger partial charge on any atom is -0.372 e. The fraction of sp³-hybridized carbons (Fsp3) is 0.289. The highest BCUT2D eigenvalue weighted by Gasteiger charge is 2.26. The zero-order chi connectivity index (χ0) is 57.9. The Kier molecular flexibility index (Phi) is 19.3. The monoisotopic (exact) mass is 1080 g/mol. The molecule has 0 amide bonds. The summed E-state index contributed by atoms with van der Waals surface area (Å²) in [5, 5.41) is 0. The SMILES string of the molecule is CCN(CC)c1ccc(C(c2ccc(N(c3ccccc3)c3ccc(N(c4ccccc4)c4ccc(C(c5ccc(N(CC)CC)cc5C)c5ccc(N(CC)CC)cc5C)cc4)cc3)cc2)c2ccc(N(CC)CC)cc2C)c(C)c1. The van der Waals surface area contributed by atoms with Gasteiger partial charge in [0.1, 0.15) is 0 Å². The first-order chi connectivity index (χ1) is 40.0. The van der Waals surface area contributed by atoms with Crippen molar-refractivity contribution in [3.8, 4) is 0 Å². The Morgan fingerprint density at radius 3 is 0.634 bits per heavy atom. The summed E-state index contributed by atoms with van der Waals surface area (Å²) in [6.07, 6.45) is 0. The maximum atomic E-state index is 2.44. The van der Waals surface area contributed by atoms with E-state index in [2.05, 4.69) is 319 Å². The van der Waals surface area contributed by atoms with Gasteiger partial charge in [0.2, 0.25) is 0 Å². The quantitative estimate of drug-likeness (QED) is 0.0558. The van der Waals surface area contributed by atoms with Crippen LogP contribution in [0.1, 0.15) is 123 Å². The Morgan fingerprint density at radius 1 is 0.232 bits per heavy atom. The first kappa shape index (κ1) is 58.4. The van der Waals surface area contributed by atoms with Crippen molar-refractivity contribution >= 4 is 56.9 Å². The molecule has 82 heavy (non-hydrogen) atoms. The standard InChI is InChI=1S/C76H88N6/c1-13-77(14-2)67-43-47-71(55(9)51-67)75(72-48-44-68(52-56(72)10)78(15-3)16-4)59-31-35-63(36-32-59)81(61-27-23-21-24-28-61)65-39-41-66(42-40-65)82(62-29-25-22-26-30-62)64-37-33-60(34-38-64)76(73-49-45-69(53-57(73)11)79(17-5)18-6)74-50-46-70(54-58(74)12)80(19-7)20-8/h21-54,75-76H,13-20H2,1-12H3. The third-order valence-corrected chi connectivity index (χ3v) is 17.1. The van der Waals surface area contributed by atoms with Crippen LogP contribution in [0.3, 0.4) is 0 Å². The lowest BCUT2D eigenvalue weighted by molar-refractivity contribution is 0.859. The topological polar surface area (TPSA) is 19.4 Å². The second kappa shape index (κ2) is 27.0. The Labute approximate surface area is 492 Å². The van der Waals surface area contributed by atoms with E-state index in [0.717, 1.165) is 86.5 Å². The van der Waals surface area contributed by atoms with Gasteiger partial charge in [-0.05, 0) is 260 Å². The Morgan fingerprint density at radius 2 is 0.427 bits per heavy atom. The lowest BCUT2D eigenvalue weighted by atomic mass is 9.81. The molecule has 0 N–H and O–H groups in total. The zero-order valence-electron chi connectivity index (χ0n) is 51.1. The molecule has 0 aliphatic rings. The van der Waals surface area contributed by atoms with E-state index in [-0.39, 0.29) is 11.8 Å². The van der Waals surface area contributed by atoms with E-state index < -0.39 is 0 Å². The average molecular weight is 1090 g/mol. The fourth-order valence-electron chi connectivity index (χ4n) is 12.6. The number of benzene rings is 9. The van der Waals surface area contributed by atoms with Crippen LogP contribution in [0.5, 0.6) is 0 Å². The van der Waals surface area contributed by atoms with Crippen molar-refractivity contribution in [1.29, 1.82) is 0 Å². The molecule has 0 saturated heterocycles. The second-order valence-electron chi connectivity index (χ2n) is 21.8. The highest BCUT2D eigenvalue weighted by molar-refractivity contribution is 5.81. The smallest absolute Gasteiger partial charge is 0.0463 e. The summed E-state index contributed by atoms with van der Waals surface area (Å²) in [7, 11) is 0. The second-order valence-corrected chi connectivity index (χ2v) is 21.8. The van der Waals surface area contributed by atoms with Gasteiger partial charge in [-0.3, -0.25) is 0 Å². The first-order valence-corrected chi connectivity index (χ1v) is 30.4. The van der Waals surface area contributed by atoms with Crippen LogP contribution in [0.15, 0.2) is 206 Å². The predicted octanol–water partition coefficient (Wildman–Crippen LogP) is 19.6. The lowest BCUT2D eigenvalue weighted by Crippen LogP contribution is -2.22. The Balaban J connectivity index is 1.09. The number of para-hydroxylation sites is 2. The van der Waals surface area contributed by atoms with Crippen LogP contribution in [-0.2, 0) is 0 Å². The molecular formula is C76H88N6. The highest BCUT2D eigenvalue weighted by atomic mass is 15.2. The Bertz CT molecular complexity index is 3110. The lowest BCUT2D eigenvalue weighted by Gasteiger charge is -2.30. The molecule has 0 bridgehead atoms. The molecule has 422 valence electrons. The van der Waals surface area contributed by atoms with Gasteiger partial charge in [0.25, 0.3) is 0 Å². The van der Waals surface area contributed by atoms with Gasteiger partial charge < -0.3 is 29.4 Å². The molecule has 6 heteroatoms. The summed E-state index contributed by atoms with van der Waals surface area (Å²) in [4.78, 5) is 14.5. The number of hydrogen-bond acceptors (Lipinski definition) is 6. The molecule has 9 rings (SSSR count). The molecule has 0 atom stereocenters. The van der Waals surface area contributed by atoms with Gasteiger partial charge in [-0.2, -0.15) is 0 Å². The summed E-state index contributed by atoms with van der Waals surface area (Å²) < 4.78 is 0. The summed E-state index contributed by atoms with van der Waals surface area (Å²) >= 11 is 0. The van der Waals surface area contributed by atoms with Gasteiger partial charge in [-0.1, -0.05) is 84.9 Å². The van der Waals surface area contributed by atoms with E-state index >= 15 is 0 Å². The van der Waals surface area contributed by atoms with Crippen molar-refractivity contribution in [1.82, 2.24) is 0 Å². The van der Waals surface area contributed by atoms with E-state index in [1.165, 1.54) is 78.4 Å². The molecular weight excluding hydrogens is 997 g/mol. The van der Waals surface area contributed by atoms with Crippen molar-refractivity contribution in [3.05, 3.63) is 262 Å². The van der Waals surface area contributed by atoms with Gasteiger partial charge in [0, 0.05) is 121 Å². The zero-order valence-corrected chi connectivity index (χ0v) is 51.1. The molecule has 0 spiro atoms. The summed E-state index contributed by atoms with van der Waals surface area (Å²) in [6, 6.07) is 77.7. The molecule has 6 nitrogen and oxygen atoms in total. The van der Waals surface area contributed by atoms with Crippen LogP contribution in [0, 0.1) is 27.7 Å². The molecule has 9 aromatic carbocycles. The van der Waals surface area contributed by atoms with Gasteiger partial charge in [-0.25, -0.2) is 0 Å². The van der Waals surface area contributed by atoms with Crippen LogP contribution < -0.4 is 29.4 Å². The van der Waals surface area contributed by atoms with Gasteiger partial charge >= 0.3 is 0 Å². The van der Waals surface area contributed by atoms with Gasteiger partial charge in [0.05, 0.1) is 0 Å². The summed E-state index contributed by atoms with van der Waals surface area (Å²) in [6.45, 7) is 34.9. The van der Waals surface area contributed by atoms with E-state index in [9.17, 15) is 0 Å². The first-order valence-electron chi connectivity index (χ1n) is 30.4. The number of nitrogens with zero attached hydrogens (tertiary/aromatic N) is 6. The third kappa shape index (κ3) is 12.5. The molecule has 0 heterocycles. The molecule has 0 aliphatic heterocycles. The van der Waals surface area contributed by atoms with E-state index in [1.54, 1.807) is 0 Å².